The number of carbonyl (C=O) groups excluding carboxylic acids is 2. The first kappa shape index (κ1) is 15.7. The zero-order chi connectivity index (χ0) is 13.9. The largest absolute Gasteiger partial charge is 0.467 e. The molecule has 2 N–H and O–H groups in total. The molecule has 1 atom stereocenters. The number of esters is 1. The lowest BCUT2D eigenvalue weighted by Gasteiger charge is -2.29. The van der Waals surface area contributed by atoms with Crippen molar-refractivity contribution in [2.75, 3.05) is 7.11 Å². The fourth-order valence-corrected chi connectivity index (χ4v) is 1.07. The van der Waals surface area contributed by atoms with Crippen molar-refractivity contribution in [2.45, 2.75) is 51.9 Å². The number of nitrogens with one attached hydrogen (secondary N) is 1. The van der Waals surface area contributed by atoms with Crippen LogP contribution < -0.4 is 5.32 Å². The summed E-state index contributed by atoms with van der Waals surface area (Å²) in [6.45, 7) is 7.88. The van der Waals surface area contributed by atoms with Gasteiger partial charge in [0.05, 0.1) is 12.7 Å². The second-order valence-corrected chi connectivity index (χ2v) is 5.26. The van der Waals surface area contributed by atoms with Gasteiger partial charge in [-0.15, -0.1) is 0 Å². The summed E-state index contributed by atoms with van der Waals surface area (Å²) in [4.78, 5) is 22.9. The van der Waals surface area contributed by atoms with Gasteiger partial charge < -0.3 is 19.9 Å². The molecule has 0 aliphatic rings. The minimum absolute atomic E-state index is 0.676. The van der Waals surface area contributed by atoms with Crippen molar-refractivity contribution < 1.29 is 24.2 Å². The van der Waals surface area contributed by atoms with E-state index in [1.165, 1.54) is 21.0 Å². The highest BCUT2D eigenvalue weighted by Gasteiger charge is 2.36. The molecule has 0 aromatic heterocycles. The molecule has 0 rings (SSSR count). The van der Waals surface area contributed by atoms with Gasteiger partial charge in [0.25, 0.3) is 0 Å². The maximum Gasteiger partial charge on any atom is 0.408 e. The number of hydrogen-bond acceptors (Lipinski definition) is 5. The fraction of sp³-hybridized carbons (Fsp3) is 0.818. The topological polar surface area (TPSA) is 84.9 Å². The highest BCUT2D eigenvalue weighted by molar-refractivity contribution is 5.82. The molecule has 6 heteroatoms. The van der Waals surface area contributed by atoms with Crippen molar-refractivity contribution >= 4 is 12.1 Å². The number of carbonyl (C=O) groups is 2. The Morgan fingerprint density at radius 1 is 1.18 bits per heavy atom. The Morgan fingerprint density at radius 3 is 1.94 bits per heavy atom. The number of aliphatic hydroxyl groups is 1. The molecule has 0 saturated carbocycles. The van der Waals surface area contributed by atoms with Gasteiger partial charge in [0.2, 0.25) is 0 Å². The molecule has 17 heavy (non-hydrogen) atoms. The van der Waals surface area contributed by atoms with E-state index in [2.05, 4.69) is 10.1 Å². The van der Waals surface area contributed by atoms with Crippen LogP contribution in [-0.4, -0.2) is 41.5 Å². The van der Waals surface area contributed by atoms with Crippen molar-refractivity contribution in [1.82, 2.24) is 5.32 Å². The quantitative estimate of drug-likeness (QED) is 0.721. The van der Waals surface area contributed by atoms with Gasteiger partial charge in [0.15, 0.2) is 6.04 Å². The molecule has 0 unspecified atom stereocenters. The number of alkyl carbamates (subject to hydrolysis) is 1. The number of methoxy groups -OCH3 is 1. The van der Waals surface area contributed by atoms with Crippen molar-refractivity contribution in [3.8, 4) is 0 Å². The summed E-state index contributed by atoms with van der Waals surface area (Å²) in [5.74, 6) is -0.733. The molecule has 0 heterocycles. The van der Waals surface area contributed by atoms with E-state index in [9.17, 15) is 14.7 Å². The van der Waals surface area contributed by atoms with Gasteiger partial charge in [0.1, 0.15) is 5.60 Å². The lowest BCUT2D eigenvalue weighted by molar-refractivity contribution is -0.149. The predicted octanol–water partition coefficient (Wildman–Crippen LogP) is 0.824. The third-order valence-electron chi connectivity index (χ3n) is 1.80. The second-order valence-electron chi connectivity index (χ2n) is 5.26. The van der Waals surface area contributed by atoms with Crippen molar-refractivity contribution in [3.63, 3.8) is 0 Å². The molecule has 0 fully saturated rings. The number of ether oxygens (including phenoxy) is 2. The van der Waals surface area contributed by atoms with Gasteiger partial charge in [-0.25, -0.2) is 9.59 Å². The summed E-state index contributed by atoms with van der Waals surface area (Å²) in [5, 5.41) is 12.0. The smallest absolute Gasteiger partial charge is 0.408 e. The van der Waals surface area contributed by atoms with Crippen LogP contribution >= 0.6 is 0 Å². The monoisotopic (exact) mass is 247 g/mol. The van der Waals surface area contributed by atoms with Crippen molar-refractivity contribution in [1.29, 1.82) is 0 Å². The molecule has 6 nitrogen and oxygen atoms in total. The lowest BCUT2D eigenvalue weighted by atomic mass is 9.99. The average molecular weight is 247 g/mol. The van der Waals surface area contributed by atoms with Gasteiger partial charge in [-0.05, 0) is 34.6 Å². The molecule has 0 aromatic rings. The third kappa shape index (κ3) is 6.11. The first-order valence-electron chi connectivity index (χ1n) is 5.27. The Bertz CT molecular complexity index is 287. The van der Waals surface area contributed by atoms with E-state index < -0.39 is 29.3 Å². The Balaban J connectivity index is 4.67. The molecule has 1 amide bonds. The Kier molecular flexibility index (Phi) is 4.94. The predicted molar refractivity (Wildman–Crippen MR) is 61.5 cm³/mol. The molecule has 0 spiro atoms. The Labute approximate surface area is 101 Å². The van der Waals surface area contributed by atoms with E-state index in [1.54, 1.807) is 20.8 Å². The van der Waals surface area contributed by atoms with Crippen LogP contribution in [0.5, 0.6) is 0 Å². The van der Waals surface area contributed by atoms with Crippen LogP contribution in [-0.2, 0) is 14.3 Å². The Morgan fingerprint density at radius 2 is 1.65 bits per heavy atom. The van der Waals surface area contributed by atoms with Crippen LogP contribution in [0.3, 0.4) is 0 Å². The normalized spacial score (nSPS) is 13.8. The highest BCUT2D eigenvalue weighted by Crippen LogP contribution is 2.12. The van der Waals surface area contributed by atoms with Crippen LogP contribution in [0.15, 0.2) is 0 Å². The SMILES string of the molecule is COC(=O)[C@@H](NC(=O)OC(C)(C)C)C(C)(C)O. The van der Waals surface area contributed by atoms with Crippen molar-refractivity contribution in [2.24, 2.45) is 0 Å². The molecule has 0 aromatic carbocycles. The molecule has 0 aliphatic carbocycles. The summed E-state index contributed by atoms with van der Waals surface area (Å²) in [7, 11) is 1.18. The van der Waals surface area contributed by atoms with E-state index in [1.807, 2.05) is 0 Å². The second kappa shape index (κ2) is 5.35. The maximum atomic E-state index is 11.5. The molecule has 0 bridgehead atoms. The highest BCUT2D eigenvalue weighted by atomic mass is 16.6. The van der Waals surface area contributed by atoms with E-state index in [0.29, 0.717) is 0 Å². The van der Waals surface area contributed by atoms with Crippen LogP contribution in [0.1, 0.15) is 34.6 Å². The van der Waals surface area contributed by atoms with Gasteiger partial charge in [0, 0.05) is 0 Å². The number of amides is 1. The maximum absolute atomic E-state index is 11.5. The zero-order valence-corrected chi connectivity index (χ0v) is 11.2. The first-order chi connectivity index (χ1) is 7.47. The molecular formula is C11H21NO5. The molecule has 100 valence electrons. The summed E-state index contributed by atoms with van der Waals surface area (Å²) in [6.07, 6.45) is -0.782. The van der Waals surface area contributed by atoms with E-state index in [-0.39, 0.29) is 0 Å². The standard InChI is InChI=1S/C11H21NO5/c1-10(2,3)17-9(14)12-7(8(13)16-6)11(4,5)15/h7,15H,1-6H3,(H,12,14)/t7-/m1/s1. The van der Waals surface area contributed by atoms with Gasteiger partial charge in [-0.2, -0.15) is 0 Å². The molecule has 0 aliphatic heterocycles. The molecular weight excluding hydrogens is 226 g/mol. The van der Waals surface area contributed by atoms with Crippen LogP contribution in [0, 0.1) is 0 Å². The summed E-state index contributed by atoms with van der Waals surface area (Å²) in [5.41, 5.74) is -2.12. The molecule has 0 radical (unpaired) electrons. The zero-order valence-electron chi connectivity index (χ0n) is 11.2. The van der Waals surface area contributed by atoms with E-state index in [0.717, 1.165) is 0 Å². The lowest BCUT2D eigenvalue weighted by Crippen LogP contribution is -2.55. The minimum Gasteiger partial charge on any atom is -0.467 e. The summed E-state index contributed by atoms with van der Waals surface area (Å²) >= 11 is 0. The third-order valence-corrected chi connectivity index (χ3v) is 1.80. The van der Waals surface area contributed by atoms with Crippen LogP contribution in [0.25, 0.3) is 0 Å². The van der Waals surface area contributed by atoms with E-state index in [4.69, 9.17) is 4.74 Å². The molecule has 0 saturated heterocycles. The minimum atomic E-state index is -1.44. The van der Waals surface area contributed by atoms with Crippen LogP contribution in [0.2, 0.25) is 0 Å². The van der Waals surface area contributed by atoms with Gasteiger partial charge in [-0.1, -0.05) is 0 Å². The van der Waals surface area contributed by atoms with Crippen molar-refractivity contribution in [3.05, 3.63) is 0 Å². The van der Waals surface area contributed by atoms with Crippen LogP contribution in [0.4, 0.5) is 4.79 Å². The number of rotatable bonds is 3. The van der Waals surface area contributed by atoms with Gasteiger partial charge >= 0.3 is 12.1 Å². The van der Waals surface area contributed by atoms with E-state index >= 15 is 0 Å². The average Bonchev–Trinajstić information content (AvgIpc) is 2.08. The van der Waals surface area contributed by atoms with Gasteiger partial charge in [-0.3, -0.25) is 0 Å². The fourth-order valence-electron chi connectivity index (χ4n) is 1.07. The first-order valence-corrected chi connectivity index (χ1v) is 5.27. The Hall–Kier alpha value is -1.30. The number of hydrogen-bond donors (Lipinski definition) is 2. The summed E-state index contributed by atoms with van der Waals surface area (Å²) < 4.78 is 9.49. The summed E-state index contributed by atoms with van der Waals surface area (Å²) in [6, 6.07) is -1.18.